The van der Waals surface area contributed by atoms with E-state index in [1.807, 2.05) is 5.32 Å². The molecule has 2 N–H and O–H groups in total. The second-order valence-corrected chi connectivity index (χ2v) is 5.06. The zero-order valence-electron chi connectivity index (χ0n) is 10.8. The Hall–Kier alpha value is -1.84. The number of esters is 1. The molecule has 1 aromatic rings. The van der Waals surface area contributed by atoms with E-state index < -0.39 is 23.7 Å². The number of hydrogen-bond donors (Lipinski definition) is 2. The molecule has 0 aliphatic rings. The lowest BCUT2D eigenvalue weighted by Gasteiger charge is -2.33. The number of hydrogen-bond acceptors (Lipinski definition) is 6. The van der Waals surface area contributed by atoms with Crippen molar-refractivity contribution in [1.82, 2.24) is 10.3 Å². The van der Waals surface area contributed by atoms with E-state index in [4.69, 9.17) is 0 Å². The number of anilines is 1. The molecule has 20 heavy (non-hydrogen) atoms. The van der Waals surface area contributed by atoms with E-state index in [1.54, 1.807) is 12.2 Å². The van der Waals surface area contributed by atoms with Crippen molar-refractivity contribution in [1.29, 1.82) is 0 Å². The third kappa shape index (κ3) is 3.18. The number of amides is 1. The van der Waals surface area contributed by atoms with Crippen LogP contribution in [0.25, 0.3) is 0 Å². The number of ether oxygens (including phenoxy) is 1. The minimum absolute atomic E-state index is 0.168. The van der Waals surface area contributed by atoms with Gasteiger partial charge in [-0.2, -0.15) is 13.2 Å². The van der Waals surface area contributed by atoms with Crippen LogP contribution in [0.4, 0.5) is 18.3 Å². The van der Waals surface area contributed by atoms with Crippen molar-refractivity contribution in [2.24, 2.45) is 0 Å². The molecule has 0 saturated heterocycles. The number of rotatable bonds is 4. The Morgan fingerprint density at radius 3 is 2.35 bits per heavy atom. The Kier molecular flexibility index (Phi) is 4.58. The number of carbonyl (C=O) groups excluding carboxylic acids is 2. The molecule has 6 nitrogen and oxygen atoms in total. The van der Waals surface area contributed by atoms with E-state index in [-0.39, 0.29) is 5.13 Å². The van der Waals surface area contributed by atoms with Crippen LogP contribution in [0.1, 0.15) is 11.8 Å². The van der Waals surface area contributed by atoms with Gasteiger partial charge in [0.2, 0.25) is 5.91 Å². The van der Waals surface area contributed by atoms with Crippen LogP contribution in [0, 0.1) is 6.92 Å². The summed E-state index contributed by atoms with van der Waals surface area (Å²) in [6, 6.07) is 0. The molecule has 0 aliphatic heterocycles. The highest BCUT2D eigenvalue weighted by Gasteiger charge is 2.63. The summed E-state index contributed by atoms with van der Waals surface area (Å²) in [6.07, 6.45) is -3.79. The van der Waals surface area contributed by atoms with E-state index in [9.17, 15) is 22.8 Å². The van der Waals surface area contributed by atoms with Crippen LogP contribution >= 0.6 is 11.3 Å². The Morgan fingerprint density at radius 2 is 2.00 bits per heavy atom. The molecule has 0 unspecified atom stereocenters. The van der Waals surface area contributed by atoms with Gasteiger partial charge in [-0.15, -0.1) is 11.3 Å². The summed E-state index contributed by atoms with van der Waals surface area (Å²) < 4.78 is 44.0. The number of aromatic nitrogens is 1. The highest BCUT2D eigenvalue weighted by Crippen LogP contribution is 2.34. The van der Waals surface area contributed by atoms with Gasteiger partial charge in [-0.1, -0.05) is 0 Å². The van der Waals surface area contributed by atoms with Crippen molar-refractivity contribution in [3.05, 3.63) is 11.1 Å². The first-order valence-corrected chi connectivity index (χ1v) is 6.08. The first-order chi connectivity index (χ1) is 9.12. The average molecular weight is 311 g/mol. The lowest BCUT2D eigenvalue weighted by molar-refractivity contribution is -0.206. The number of methoxy groups -OCH3 is 1. The molecule has 0 aromatic carbocycles. The average Bonchev–Trinajstić information content (AvgIpc) is 2.70. The molecule has 1 rings (SSSR count). The molecule has 112 valence electrons. The Morgan fingerprint density at radius 1 is 1.40 bits per heavy atom. The summed E-state index contributed by atoms with van der Waals surface area (Å²) in [7, 11) is 0.791. The Labute approximate surface area is 116 Å². The minimum atomic E-state index is -5.12. The summed E-state index contributed by atoms with van der Waals surface area (Å²) in [4.78, 5) is 27.0. The number of halogens is 3. The molecule has 0 aliphatic carbocycles. The van der Waals surface area contributed by atoms with Crippen molar-refractivity contribution < 1.29 is 27.5 Å². The maximum absolute atomic E-state index is 13.3. The maximum Gasteiger partial charge on any atom is 0.442 e. The second-order valence-electron chi connectivity index (χ2n) is 3.82. The maximum atomic E-state index is 13.3. The van der Waals surface area contributed by atoms with Crippen LogP contribution in [0.15, 0.2) is 6.20 Å². The highest BCUT2D eigenvalue weighted by molar-refractivity contribution is 7.15. The quantitative estimate of drug-likeness (QED) is 0.649. The summed E-state index contributed by atoms with van der Waals surface area (Å²) >= 11 is 0.904. The fraction of sp³-hybridized carbons (Fsp3) is 0.500. The van der Waals surface area contributed by atoms with Gasteiger partial charge in [0.1, 0.15) is 0 Å². The molecule has 0 bridgehead atoms. The molecule has 0 spiro atoms. The lowest BCUT2D eigenvalue weighted by atomic mass is 10.1. The van der Waals surface area contributed by atoms with Crippen LogP contribution < -0.4 is 10.6 Å². The van der Waals surface area contributed by atoms with Crippen molar-refractivity contribution in [3.8, 4) is 0 Å². The van der Waals surface area contributed by atoms with Gasteiger partial charge in [0.05, 0.1) is 7.11 Å². The number of nitrogens with one attached hydrogen (secondary N) is 2. The molecule has 0 fully saturated rings. The van der Waals surface area contributed by atoms with Gasteiger partial charge >= 0.3 is 17.8 Å². The fourth-order valence-electron chi connectivity index (χ4n) is 1.38. The summed E-state index contributed by atoms with van der Waals surface area (Å²) in [5.41, 5.74) is -3.38. The van der Waals surface area contributed by atoms with Gasteiger partial charge in [-0.25, -0.2) is 9.78 Å². The number of nitrogens with zero attached hydrogens (tertiary/aromatic N) is 1. The molecule has 0 radical (unpaired) electrons. The zero-order chi connectivity index (χ0) is 15.6. The van der Waals surface area contributed by atoms with Gasteiger partial charge < -0.3 is 15.4 Å². The number of alkyl halides is 3. The molecule has 1 heterocycles. The molecular weight excluding hydrogens is 299 g/mol. The second kappa shape index (κ2) is 5.65. The van der Waals surface area contributed by atoms with Crippen LogP contribution in [-0.4, -0.2) is 35.8 Å². The molecule has 1 atom stereocenters. The monoisotopic (exact) mass is 311 g/mol. The minimum Gasteiger partial charge on any atom is -0.466 e. The predicted molar refractivity (Wildman–Crippen MR) is 65.1 cm³/mol. The normalized spacial score (nSPS) is 14.3. The molecule has 1 aromatic heterocycles. The SMILES string of the molecule is COC(=O)[C@@](NC(C)=O)(Nc1ncc(C)s1)C(F)(F)F. The van der Waals surface area contributed by atoms with E-state index in [0.717, 1.165) is 25.4 Å². The first-order valence-electron chi connectivity index (χ1n) is 5.27. The number of aryl methyl sites for hydroxylation is 1. The van der Waals surface area contributed by atoms with Crippen molar-refractivity contribution >= 4 is 28.3 Å². The first kappa shape index (κ1) is 16.2. The van der Waals surface area contributed by atoms with Crippen LogP contribution in [-0.2, 0) is 14.3 Å². The van der Waals surface area contributed by atoms with E-state index in [2.05, 4.69) is 9.72 Å². The topological polar surface area (TPSA) is 80.3 Å². The number of thiazole rings is 1. The number of carbonyl (C=O) groups is 2. The van der Waals surface area contributed by atoms with Crippen molar-refractivity contribution in [2.75, 3.05) is 12.4 Å². The van der Waals surface area contributed by atoms with E-state index in [1.165, 1.54) is 6.20 Å². The van der Waals surface area contributed by atoms with Gasteiger partial charge in [0.15, 0.2) is 5.13 Å². The summed E-state index contributed by atoms with van der Waals surface area (Å²) in [6.45, 7) is 2.49. The van der Waals surface area contributed by atoms with Crippen LogP contribution in [0.3, 0.4) is 0 Å². The van der Waals surface area contributed by atoms with Crippen molar-refractivity contribution in [3.63, 3.8) is 0 Å². The van der Waals surface area contributed by atoms with E-state index in [0.29, 0.717) is 4.88 Å². The summed E-state index contributed by atoms with van der Waals surface area (Å²) in [5.74, 6) is -2.73. The third-order valence-electron chi connectivity index (χ3n) is 2.20. The van der Waals surface area contributed by atoms with Crippen molar-refractivity contribution in [2.45, 2.75) is 25.7 Å². The molecule has 10 heteroatoms. The van der Waals surface area contributed by atoms with E-state index >= 15 is 0 Å². The fourth-order valence-corrected chi connectivity index (χ4v) is 2.10. The van der Waals surface area contributed by atoms with Crippen LogP contribution in [0.5, 0.6) is 0 Å². The van der Waals surface area contributed by atoms with Gasteiger partial charge in [0.25, 0.3) is 0 Å². The molecular formula is C10H12F3N3O3S. The van der Waals surface area contributed by atoms with Gasteiger partial charge in [0, 0.05) is 18.0 Å². The standard InChI is InChI=1S/C10H12F3N3O3S/c1-5-4-14-8(20-5)16-9(7(18)19-3,10(11,12)13)15-6(2)17/h4H,1-3H3,(H,14,16)(H,15,17)/t9-/m1/s1. The van der Waals surface area contributed by atoms with Crippen LogP contribution in [0.2, 0.25) is 0 Å². The largest absolute Gasteiger partial charge is 0.466 e. The smallest absolute Gasteiger partial charge is 0.442 e. The third-order valence-corrected chi connectivity index (χ3v) is 3.02. The predicted octanol–water partition coefficient (Wildman–Crippen LogP) is 1.43. The Bertz CT molecular complexity index is 517. The highest BCUT2D eigenvalue weighted by atomic mass is 32.1. The Balaban J connectivity index is 3.28. The molecule has 0 saturated carbocycles. The lowest BCUT2D eigenvalue weighted by Crippen LogP contribution is -2.69. The zero-order valence-corrected chi connectivity index (χ0v) is 11.6. The van der Waals surface area contributed by atoms with Gasteiger partial charge in [-0.05, 0) is 6.92 Å². The summed E-state index contributed by atoms with van der Waals surface area (Å²) in [5, 5.41) is 3.30. The van der Waals surface area contributed by atoms with Gasteiger partial charge in [-0.3, -0.25) is 4.79 Å². The molecule has 1 amide bonds.